The van der Waals surface area contributed by atoms with Crippen LogP contribution in [0.1, 0.15) is 5.56 Å². The molecule has 0 saturated carbocycles. The maximum Gasteiger partial charge on any atom is 0.119 e. The van der Waals surface area contributed by atoms with E-state index in [4.69, 9.17) is 9.47 Å². The lowest BCUT2D eigenvalue weighted by atomic mass is 10.1. The average Bonchev–Trinajstić information content (AvgIpc) is 2.61. The van der Waals surface area contributed by atoms with Crippen LogP contribution in [-0.4, -0.2) is 7.11 Å². The van der Waals surface area contributed by atoms with Crippen LogP contribution in [0, 0.1) is 0 Å². The number of ether oxygens (including phenoxy) is 2. The molecule has 3 aromatic carbocycles. The molecule has 22 heavy (non-hydrogen) atoms. The standard InChI is InChI=1S/C20H18O2/c1-21-20-9-5-6-16(14-20)15-22-19-12-10-18(11-13-19)17-7-3-2-4-8-17/h2-14H,15H2,1H3. The lowest BCUT2D eigenvalue weighted by Crippen LogP contribution is -1.95. The monoisotopic (exact) mass is 290 g/mol. The zero-order valence-electron chi connectivity index (χ0n) is 12.5. The van der Waals surface area contributed by atoms with Crippen LogP contribution in [0.25, 0.3) is 11.1 Å². The summed E-state index contributed by atoms with van der Waals surface area (Å²) < 4.78 is 11.0. The molecule has 3 aromatic rings. The molecular weight excluding hydrogens is 272 g/mol. The molecule has 0 unspecified atom stereocenters. The fourth-order valence-electron chi connectivity index (χ4n) is 2.30. The summed E-state index contributed by atoms with van der Waals surface area (Å²) in [5, 5.41) is 0. The number of methoxy groups -OCH3 is 1. The Morgan fingerprint density at radius 3 is 2.14 bits per heavy atom. The third kappa shape index (κ3) is 3.47. The third-order valence-corrected chi connectivity index (χ3v) is 3.50. The van der Waals surface area contributed by atoms with Crippen molar-refractivity contribution in [2.24, 2.45) is 0 Å². The van der Waals surface area contributed by atoms with Gasteiger partial charge in [-0.05, 0) is 41.0 Å². The fourth-order valence-corrected chi connectivity index (χ4v) is 2.30. The summed E-state index contributed by atoms with van der Waals surface area (Å²) in [6.45, 7) is 0.530. The first-order valence-corrected chi connectivity index (χ1v) is 7.26. The molecule has 0 heterocycles. The van der Waals surface area contributed by atoms with Gasteiger partial charge in [-0.3, -0.25) is 0 Å². The number of hydrogen-bond acceptors (Lipinski definition) is 2. The van der Waals surface area contributed by atoms with Gasteiger partial charge >= 0.3 is 0 Å². The topological polar surface area (TPSA) is 18.5 Å². The second kappa shape index (κ2) is 6.81. The molecule has 2 nitrogen and oxygen atoms in total. The Morgan fingerprint density at radius 2 is 1.41 bits per heavy atom. The van der Waals surface area contributed by atoms with Crippen LogP contribution in [0.5, 0.6) is 11.5 Å². The van der Waals surface area contributed by atoms with Crippen molar-refractivity contribution in [2.45, 2.75) is 6.61 Å². The Labute approximate surface area is 131 Å². The van der Waals surface area contributed by atoms with E-state index in [2.05, 4.69) is 24.3 Å². The summed E-state index contributed by atoms with van der Waals surface area (Å²) >= 11 is 0. The lowest BCUT2D eigenvalue weighted by Gasteiger charge is -2.08. The molecule has 0 spiro atoms. The summed E-state index contributed by atoms with van der Waals surface area (Å²) in [5.41, 5.74) is 3.49. The van der Waals surface area contributed by atoms with E-state index in [1.165, 1.54) is 11.1 Å². The van der Waals surface area contributed by atoms with E-state index >= 15 is 0 Å². The second-order valence-corrected chi connectivity index (χ2v) is 5.03. The van der Waals surface area contributed by atoms with Gasteiger partial charge in [0.1, 0.15) is 18.1 Å². The van der Waals surface area contributed by atoms with Gasteiger partial charge < -0.3 is 9.47 Å². The Bertz CT molecular complexity index is 718. The van der Waals surface area contributed by atoms with Gasteiger partial charge in [0, 0.05) is 0 Å². The SMILES string of the molecule is COc1cccc(COc2ccc(-c3ccccc3)cc2)c1. The molecule has 0 amide bonds. The van der Waals surface area contributed by atoms with Crippen molar-refractivity contribution >= 4 is 0 Å². The highest BCUT2D eigenvalue weighted by Crippen LogP contribution is 2.23. The predicted octanol–water partition coefficient (Wildman–Crippen LogP) is 4.94. The van der Waals surface area contributed by atoms with Gasteiger partial charge in [0.15, 0.2) is 0 Å². The van der Waals surface area contributed by atoms with Crippen molar-refractivity contribution in [1.29, 1.82) is 0 Å². The molecule has 0 fully saturated rings. The van der Waals surface area contributed by atoms with Crippen molar-refractivity contribution < 1.29 is 9.47 Å². The van der Waals surface area contributed by atoms with E-state index in [-0.39, 0.29) is 0 Å². The van der Waals surface area contributed by atoms with Crippen LogP contribution >= 0.6 is 0 Å². The maximum atomic E-state index is 5.83. The van der Waals surface area contributed by atoms with Gasteiger partial charge in [0.2, 0.25) is 0 Å². The minimum atomic E-state index is 0.530. The smallest absolute Gasteiger partial charge is 0.119 e. The second-order valence-electron chi connectivity index (χ2n) is 5.03. The highest BCUT2D eigenvalue weighted by molar-refractivity contribution is 5.63. The van der Waals surface area contributed by atoms with Crippen molar-refractivity contribution in [1.82, 2.24) is 0 Å². The van der Waals surface area contributed by atoms with Crippen molar-refractivity contribution in [3.8, 4) is 22.6 Å². The maximum absolute atomic E-state index is 5.83. The Hall–Kier alpha value is -2.74. The summed E-state index contributed by atoms with van der Waals surface area (Å²) in [7, 11) is 1.67. The zero-order valence-corrected chi connectivity index (χ0v) is 12.5. The molecule has 0 N–H and O–H groups in total. The Morgan fingerprint density at radius 1 is 0.682 bits per heavy atom. The summed E-state index contributed by atoms with van der Waals surface area (Å²) in [4.78, 5) is 0. The normalized spacial score (nSPS) is 10.2. The average molecular weight is 290 g/mol. The largest absolute Gasteiger partial charge is 0.497 e. The van der Waals surface area contributed by atoms with Gasteiger partial charge in [-0.1, -0.05) is 54.6 Å². The van der Waals surface area contributed by atoms with E-state index in [1.807, 2.05) is 54.6 Å². The van der Waals surface area contributed by atoms with E-state index < -0.39 is 0 Å². The highest BCUT2D eigenvalue weighted by Gasteiger charge is 2.00. The first-order valence-electron chi connectivity index (χ1n) is 7.26. The zero-order chi connectivity index (χ0) is 15.2. The Kier molecular flexibility index (Phi) is 4.40. The van der Waals surface area contributed by atoms with E-state index in [1.54, 1.807) is 7.11 Å². The van der Waals surface area contributed by atoms with Crippen LogP contribution in [0.4, 0.5) is 0 Å². The molecular formula is C20H18O2. The van der Waals surface area contributed by atoms with Crippen LogP contribution in [0.2, 0.25) is 0 Å². The summed E-state index contributed by atoms with van der Waals surface area (Å²) in [5.74, 6) is 1.71. The summed E-state index contributed by atoms with van der Waals surface area (Å²) in [6, 6.07) is 26.4. The molecule has 0 aliphatic heterocycles. The van der Waals surface area contributed by atoms with E-state index in [9.17, 15) is 0 Å². The van der Waals surface area contributed by atoms with Crippen LogP contribution < -0.4 is 9.47 Å². The molecule has 0 saturated heterocycles. The number of rotatable bonds is 5. The molecule has 0 aromatic heterocycles. The fraction of sp³-hybridized carbons (Fsp3) is 0.100. The van der Waals surface area contributed by atoms with E-state index in [0.717, 1.165) is 17.1 Å². The molecule has 3 rings (SSSR count). The molecule has 0 aliphatic carbocycles. The van der Waals surface area contributed by atoms with Crippen molar-refractivity contribution in [2.75, 3.05) is 7.11 Å². The molecule has 0 bridgehead atoms. The molecule has 110 valence electrons. The van der Waals surface area contributed by atoms with Crippen LogP contribution in [0.3, 0.4) is 0 Å². The van der Waals surface area contributed by atoms with Crippen LogP contribution in [-0.2, 0) is 6.61 Å². The van der Waals surface area contributed by atoms with Crippen molar-refractivity contribution in [3.05, 3.63) is 84.4 Å². The van der Waals surface area contributed by atoms with Gasteiger partial charge in [0.25, 0.3) is 0 Å². The lowest BCUT2D eigenvalue weighted by molar-refractivity contribution is 0.305. The van der Waals surface area contributed by atoms with Gasteiger partial charge in [-0.15, -0.1) is 0 Å². The molecule has 0 aliphatic rings. The molecule has 0 atom stereocenters. The first-order chi connectivity index (χ1) is 10.8. The Balaban J connectivity index is 1.66. The highest BCUT2D eigenvalue weighted by atomic mass is 16.5. The number of hydrogen-bond donors (Lipinski definition) is 0. The minimum Gasteiger partial charge on any atom is -0.497 e. The van der Waals surface area contributed by atoms with Crippen LogP contribution in [0.15, 0.2) is 78.9 Å². The minimum absolute atomic E-state index is 0.530. The van der Waals surface area contributed by atoms with E-state index in [0.29, 0.717) is 6.61 Å². The number of benzene rings is 3. The first kappa shape index (κ1) is 14.2. The molecule has 2 heteroatoms. The summed E-state index contributed by atoms with van der Waals surface area (Å²) in [6.07, 6.45) is 0. The molecule has 0 radical (unpaired) electrons. The van der Waals surface area contributed by atoms with Gasteiger partial charge in [-0.25, -0.2) is 0 Å². The quantitative estimate of drug-likeness (QED) is 0.662. The van der Waals surface area contributed by atoms with Gasteiger partial charge in [-0.2, -0.15) is 0 Å². The third-order valence-electron chi connectivity index (χ3n) is 3.50. The van der Waals surface area contributed by atoms with Gasteiger partial charge in [0.05, 0.1) is 7.11 Å². The predicted molar refractivity (Wildman–Crippen MR) is 89.2 cm³/mol. The van der Waals surface area contributed by atoms with Crippen molar-refractivity contribution in [3.63, 3.8) is 0 Å².